The molecule has 1 aromatic rings. The van der Waals surface area contributed by atoms with Gasteiger partial charge in [-0.2, -0.15) is 5.10 Å². The van der Waals surface area contributed by atoms with Crippen LogP contribution < -0.4 is 0 Å². The van der Waals surface area contributed by atoms with Gasteiger partial charge in [0.15, 0.2) is 0 Å². The Morgan fingerprint density at radius 1 is 1.33 bits per heavy atom. The van der Waals surface area contributed by atoms with Crippen molar-refractivity contribution in [1.82, 2.24) is 14.7 Å². The van der Waals surface area contributed by atoms with Gasteiger partial charge in [0, 0.05) is 50.5 Å². The van der Waals surface area contributed by atoms with Crippen LogP contribution in [-0.4, -0.2) is 65.3 Å². The van der Waals surface area contributed by atoms with Crippen LogP contribution in [-0.2, 0) is 16.0 Å². The molecular weight excluding hydrogens is 306 g/mol. The first-order valence-corrected chi connectivity index (χ1v) is 9.39. The number of aliphatic hydroxyl groups is 1. The van der Waals surface area contributed by atoms with Crippen LogP contribution >= 0.6 is 0 Å². The zero-order valence-corrected chi connectivity index (χ0v) is 14.8. The van der Waals surface area contributed by atoms with Gasteiger partial charge in [0.2, 0.25) is 0 Å². The topological polar surface area (TPSA) is 59.8 Å². The standard InChI is InChI=1S/C18H31N3O3/c1-2-21-14-16(12-19-21)18-15(4-3-10-24-18)13-20-7-5-17(6-8-20)23-11-9-22/h12,14-15,17-18,22H,2-11,13H2,1H3/t15-,18+/m0/s1. The van der Waals surface area contributed by atoms with Crippen LogP contribution in [0.25, 0.3) is 0 Å². The molecule has 136 valence electrons. The van der Waals surface area contributed by atoms with E-state index in [4.69, 9.17) is 14.6 Å². The fourth-order valence-corrected chi connectivity index (χ4v) is 3.91. The molecule has 2 saturated heterocycles. The summed E-state index contributed by atoms with van der Waals surface area (Å²) in [7, 11) is 0. The van der Waals surface area contributed by atoms with Gasteiger partial charge in [-0.3, -0.25) is 4.68 Å². The summed E-state index contributed by atoms with van der Waals surface area (Å²) < 4.78 is 13.8. The van der Waals surface area contributed by atoms with E-state index < -0.39 is 0 Å². The van der Waals surface area contributed by atoms with Gasteiger partial charge in [-0.05, 0) is 32.6 Å². The van der Waals surface area contributed by atoms with Gasteiger partial charge in [-0.25, -0.2) is 0 Å². The summed E-state index contributed by atoms with van der Waals surface area (Å²) in [5, 5.41) is 13.3. The third-order valence-electron chi connectivity index (χ3n) is 5.22. The van der Waals surface area contributed by atoms with Crippen LogP contribution in [0.3, 0.4) is 0 Å². The average molecular weight is 337 g/mol. The molecule has 2 aliphatic rings. The highest BCUT2D eigenvalue weighted by Gasteiger charge is 2.31. The zero-order valence-electron chi connectivity index (χ0n) is 14.8. The predicted molar refractivity (Wildman–Crippen MR) is 91.8 cm³/mol. The van der Waals surface area contributed by atoms with Crippen LogP contribution in [0.5, 0.6) is 0 Å². The van der Waals surface area contributed by atoms with Gasteiger partial charge in [0.1, 0.15) is 0 Å². The Bertz CT molecular complexity index is 486. The van der Waals surface area contributed by atoms with Crippen molar-refractivity contribution in [2.24, 2.45) is 5.92 Å². The molecule has 1 N–H and O–H groups in total. The highest BCUT2D eigenvalue weighted by molar-refractivity contribution is 5.11. The quantitative estimate of drug-likeness (QED) is 0.823. The second-order valence-electron chi connectivity index (χ2n) is 6.92. The molecule has 2 fully saturated rings. The summed E-state index contributed by atoms with van der Waals surface area (Å²) in [4.78, 5) is 2.55. The van der Waals surface area contributed by atoms with Crippen LogP contribution in [0, 0.1) is 5.92 Å². The van der Waals surface area contributed by atoms with Gasteiger partial charge in [0.05, 0.1) is 31.6 Å². The van der Waals surface area contributed by atoms with Gasteiger partial charge in [-0.15, -0.1) is 0 Å². The second kappa shape index (κ2) is 8.94. The molecule has 0 bridgehead atoms. The van der Waals surface area contributed by atoms with Gasteiger partial charge < -0.3 is 19.5 Å². The van der Waals surface area contributed by atoms with E-state index in [2.05, 4.69) is 23.1 Å². The Hall–Kier alpha value is -0.950. The van der Waals surface area contributed by atoms with E-state index >= 15 is 0 Å². The summed E-state index contributed by atoms with van der Waals surface area (Å²) in [6, 6.07) is 0. The lowest BCUT2D eigenvalue weighted by Gasteiger charge is -2.38. The maximum absolute atomic E-state index is 8.87. The molecule has 24 heavy (non-hydrogen) atoms. The maximum atomic E-state index is 8.87. The molecule has 0 spiro atoms. The second-order valence-corrected chi connectivity index (χ2v) is 6.92. The SMILES string of the molecule is CCn1cc([C@@H]2OCCC[C@H]2CN2CCC(OCCO)CC2)cn1. The first-order chi connectivity index (χ1) is 11.8. The van der Waals surface area contributed by atoms with Gasteiger partial charge >= 0.3 is 0 Å². The molecule has 2 aliphatic heterocycles. The summed E-state index contributed by atoms with van der Waals surface area (Å²) >= 11 is 0. The number of hydrogen-bond acceptors (Lipinski definition) is 5. The fourth-order valence-electron chi connectivity index (χ4n) is 3.91. The number of ether oxygens (including phenoxy) is 2. The van der Waals surface area contributed by atoms with Crippen LogP contribution in [0.1, 0.15) is 44.3 Å². The number of rotatable bonds is 7. The minimum absolute atomic E-state index is 0.118. The zero-order chi connectivity index (χ0) is 16.8. The molecule has 1 aromatic heterocycles. The molecule has 2 atom stereocenters. The molecule has 0 aromatic carbocycles. The number of likely N-dealkylation sites (tertiary alicyclic amines) is 1. The molecule has 0 aliphatic carbocycles. The summed E-state index contributed by atoms with van der Waals surface area (Å²) in [5.74, 6) is 0.545. The number of nitrogens with zero attached hydrogens (tertiary/aromatic N) is 3. The normalized spacial score (nSPS) is 26.8. The molecule has 0 radical (unpaired) electrons. The van der Waals surface area contributed by atoms with Crippen molar-refractivity contribution in [3.8, 4) is 0 Å². The average Bonchev–Trinajstić information content (AvgIpc) is 3.11. The van der Waals surface area contributed by atoms with Crippen molar-refractivity contribution in [2.45, 2.75) is 51.4 Å². The lowest BCUT2D eigenvalue weighted by atomic mass is 9.89. The maximum Gasteiger partial charge on any atom is 0.0895 e. The summed E-state index contributed by atoms with van der Waals surface area (Å²) in [5.41, 5.74) is 1.22. The van der Waals surface area contributed by atoms with Crippen molar-refractivity contribution < 1.29 is 14.6 Å². The van der Waals surface area contributed by atoms with E-state index in [1.54, 1.807) is 0 Å². The lowest BCUT2D eigenvalue weighted by Crippen LogP contribution is -2.42. The molecular formula is C18H31N3O3. The number of aryl methyl sites for hydroxylation is 1. The highest BCUT2D eigenvalue weighted by Crippen LogP contribution is 2.34. The van der Waals surface area contributed by atoms with Crippen molar-refractivity contribution in [3.05, 3.63) is 18.0 Å². The molecule has 0 amide bonds. The van der Waals surface area contributed by atoms with E-state index in [9.17, 15) is 0 Å². The molecule has 6 nitrogen and oxygen atoms in total. The predicted octanol–water partition coefficient (Wildman–Crippen LogP) is 1.84. The van der Waals surface area contributed by atoms with Crippen LogP contribution in [0.15, 0.2) is 12.4 Å². The van der Waals surface area contributed by atoms with E-state index in [0.29, 0.717) is 18.6 Å². The lowest BCUT2D eigenvalue weighted by molar-refractivity contribution is -0.0503. The number of aromatic nitrogens is 2. The Kier molecular flexibility index (Phi) is 6.66. The molecule has 0 unspecified atom stereocenters. The van der Waals surface area contributed by atoms with Crippen LogP contribution in [0.4, 0.5) is 0 Å². The first kappa shape index (κ1) is 17.9. The monoisotopic (exact) mass is 337 g/mol. The van der Waals surface area contributed by atoms with Crippen molar-refractivity contribution >= 4 is 0 Å². The number of aliphatic hydroxyl groups excluding tert-OH is 1. The first-order valence-electron chi connectivity index (χ1n) is 9.39. The Morgan fingerprint density at radius 2 is 2.17 bits per heavy atom. The molecule has 3 rings (SSSR count). The largest absolute Gasteiger partial charge is 0.394 e. The van der Waals surface area contributed by atoms with Crippen molar-refractivity contribution in [2.75, 3.05) is 39.5 Å². The van der Waals surface area contributed by atoms with E-state index in [0.717, 1.165) is 52.0 Å². The summed E-state index contributed by atoms with van der Waals surface area (Å²) in [6.45, 7) is 7.69. The Labute approximate surface area is 144 Å². The molecule has 0 saturated carbocycles. The summed E-state index contributed by atoms with van der Waals surface area (Å²) in [6.07, 6.45) is 9.11. The van der Waals surface area contributed by atoms with E-state index in [1.165, 1.54) is 12.0 Å². The third kappa shape index (κ3) is 4.57. The number of piperidine rings is 1. The molecule has 6 heteroatoms. The van der Waals surface area contributed by atoms with Crippen LogP contribution in [0.2, 0.25) is 0 Å². The Morgan fingerprint density at radius 3 is 2.88 bits per heavy atom. The van der Waals surface area contributed by atoms with Crippen molar-refractivity contribution in [3.63, 3.8) is 0 Å². The fraction of sp³-hybridized carbons (Fsp3) is 0.833. The van der Waals surface area contributed by atoms with Gasteiger partial charge in [-0.1, -0.05) is 0 Å². The highest BCUT2D eigenvalue weighted by atomic mass is 16.5. The molecule has 3 heterocycles. The van der Waals surface area contributed by atoms with Crippen molar-refractivity contribution in [1.29, 1.82) is 0 Å². The number of hydrogen-bond donors (Lipinski definition) is 1. The smallest absolute Gasteiger partial charge is 0.0895 e. The van der Waals surface area contributed by atoms with E-state index in [1.807, 2.05) is 10.9 Å². The van der Waals surface area contributed by atoms with Gasteiger partial charge in [0.25, 0.3) is 0 Å². The van der Waals surface area contributed by atoms with E-state index in [-0.39, 0.29) is 12.7 Å². The minimum atomic E-state index is 0.118. The third-order valence-corrected chi connectivity index (χ3v) is 5.22. The Balaban J connectivity index is 1.53. The minimum Gasteiger partial charge on any atom is -0.394 e.